The van der Waals surface area contributed by atoms with Gasteiger partial charge in [0.25, 0.3) is 5.91 Å². The highest BCUT2D eigenvalue weighted by atomic mass is 35.5. The van der Waals surface area contributed by atoms with E-state index in [1.807, 2.05) is 23.1 Å². The van der Waals surface area contributed by atoms with Crippen LogP contribution in [0.25, 0.3) is 5.52 Å². The predicted octanol–water partition coefficient (Wildman–Crippen LogP) is 3.25. The summed E-state index contributed by atoms with van der Waals surface area (Å²) in [4.78, 5) is 17.1. The second-order valence-electron chi connectivity index (χ2n) is 6.75. The molecule has 26 heavy (non-hydrogen) atoms. The van der Waals surface area contributed by atoms with E-state index in [0.29, 0.717) is 23.8 Å². The first-order chi connectivity index (χ1) is 12.6. The van der Waals surface area contributed by atoms with Crippen LogP contribution in [0.3, 0.4) is 0 Å². The van der Waals surface area contributed by atoms with Crippen molar-refractivity contribution >= 4 is 23.0 Å². The summed E-state index contributed by atoms with van der Waals surface area (Å²) < 4.78 is 1.66. The molecule has 1 aliphatic heterocycles. The Morgan fingerprint density at radius 3 is 2.50 bits per heavy atom. The van der Waals surface area contributed by atoms with Gasteiger partial charge >= 0.3 is 0 Å². The smallest absolute Gasteiger partial charge is 0.276 e. The molecule has 2 aromatic heterocycles. The van der Waals surface area contributed by atoms with Gasteiger partial charge in [-0.05, 0) is 24.6 Å². The van der Waals surface area contributed by atoms with E-state index >= 15 is 0 Å². The van der Waals surface area contributed by atoms with Gasteiger partial charge < -0.3 is 4.90 Å². The van der Waals surface area contributed by atoms with Crippen molar-refractivity contribution in [3.05, 3.63) is 70.5 Å². The third-order valence-corrected chi connectivity index (χ3v) is 5.24. The number of rotatable bonds is 3. The third kappa shape index (κ3) is 3.32. The second kappa shape index (κ2) is 7.09. The maximum absolute atomic E-state index is 12.8. The number of piperazine rings is 1. The number of pyridine rings is 1. The number of nitrogens with zero attached hydrogens (tertiary/aromatic N) is 4. The number of amides is 1. The van der Waals surface area contributed by atoms with Crippen LogP contribution in [0.2, 0.25) is 5.02 Å². The molecular weight excluding hydrogens is 348 g/mol. The molecule has 0 spiro atoms. The summed E-state index contributed by atoms with van der Waals surface area (Å²) >= 11 is 6.38. The number of aromatic nitrogens is 2. The summed E-state index contributed by atoms with van der Waals surface area (Å²) in [5, 5.41) is 4.79. The van der Waals surface area contributed by atoms with Crippen molar-refractivity contribution in [3.8, 4) is 0 Å². The van der Waals surface area contributed by atoms with E-state index in [1.165, 1.54) is 11.1 Å². The lowest BCUT2D eigenvalue weighted by Crippen LogP contribution is -2.48. The number of carbonyl (C=O) groups excluding carboxylic acids is 1. The summed E-state index contributed by atoms with van der Waals surface area (Å²) in [5.41, 5.74) is 3.67. The van der Waals surface area contributed by atoms with Gasteiger partial charge in [0.15, 0.2) is 5.69 Å². The van der Waals surface area contributed by atoms with Crippen molar-refractivity contribution in [1.82, 2.24) is 19.4 Å². The predicted molar refractivity (Wildman–Crippen MR) is 103 cm³/mol. The fourth-order valence-corrected chi connectivity index (χ4v) is 3.58. The fraction of sp³-hybridized carbons (Fsp3) is 0.300. The van der Waals surface area contributed by atoms with Gasteiger partial charge in [-0.15, -0.1) is 0 Å². The molecule has 1 aromatic carbocycles. The molecule has 0 saturated carbocycles. The monoisotopic (exact) mass is 368 g/mol. The quantitative estimate of drug-likeness (QED) is 0.712. The molecule has 0 N–H and O–H groups in total. The van der Waals surface area contributed by atoms with E-state index in [9.17, 15) is 4.79 Å². The molecule has 5 nitrogen and oxygen atoms in total. The van der Waals surface area contributed by atoms with Crippen LogP contribution in [0.15, 0.2) is 48.7 Å². The topological polar surface area (TPSA) is 40.8 Å². The summed E-state index contributed by atoms with van der Waals surface area (Å²) in [6.45, 7) is 6.09. The molecule has 3 heterocycles. The molecule has 0 atom stereocenters. The number of hydrogen-bond donors (Lipinski definition) is 0. The lowest BCUT2D eigenvalue weighted by Gasteiger charge is -2.34. The Hall–Kier alpha value is -2.37. The molecule has 1 amide bonds. The first-order valence-corrected chi connectivity index (χ1v) is 9.19. The van der Waals surface area contributed by atoms with Gasteiger partial charge in [-0.1, -0.05) is 47.5 Å². The van der Waals surface area contributed by atoms with E-state index in [2.05, 4.69) is 41.2 Å². The van der Waals surface area contributed by atoms with Crippen molar-refractivity contribution in [2.45, 2.75) is 13.5 Å². The van der Waals surface area contributed by atoms with E-state index in [0.717, 1.165) is 25.2 Å². The van der Waals surface area contributed by atoms with Crippen LogP contribution in [0.5, 0.6) is 0 Å². The number of fused-ring (bicyclic) bond motifs is 1. The third-order valence-electron chi connectivity index (χ3n) is 4.87. The van der Waals surface area contributed by atoms with Gasteiger partial charge in [-0.3, -0.25) is 9.69 Å². The number of aryl methyl sites for hydroxylation is 1. The minimum Gasteiger partial charge on any atom is -0.335 e. The first-order valence-electron chi connectivity index (χ1n) is 8.82. The average molecular weight is 369 g/mol. The Kier molecular flexibility index (Phi) is 4.66. The van der Waals surface area contributed by atoms with Gasteiger partial charge in [-0.2, -0.15) is 5.10 Å². The molecule has 0 unspecified atom stereocenters. The number of benzene rings is 1. The molecule has 0 radical (unpaired) electrons. The minimum absolute atomic E-state index is 0.0892. The van der Waals surface area contributed by atoms with Gasteiger partial charge in [0, 0.05) is 38.9 Å². The molecule has 3 aromatic rings. The Balaban J connectivity index is 1.41. The highest BCUT2D eigenvalue weighted by Crippen LogP contribution is 2.23. The zero-order valence-corrected chi connectivity index (χ0v) is 15.5. The molecule has 0 aliphatic carbocycles. The van der Waals surface area contributed by atoms with E-state index in [-0.39, 0.29) is 5.91 Å². The second-order valence-corrected chi connectivity index (χ2v) is 7.12. The van der Waals surface area contributed by atoms with Crippen molar-refractivity contribution < 1.29 is 4.79 Å². The Morgan fingerprint density at radius 1 is 1.08 bits per heavy atom. The van der Waals surface area contributed by atoms with Crippen LogP contribution in [-0.4, -0.2) is 51.5 Å². The normalized spacial score (nSPS) is 15.5. The van der Waals surface area contributed by atoms with Crippen molar-refractivity contribution in [2.24, 2.45) is 0 Å². The van der Waals surface area contributed by atoms with Crippen molar-refractivity contribution in [3.63, 3.8) is 0 Å². The summed E-state index contributed by atoms with van der Waals surface area (Å²) in [7, 11) is 0. The van der Waals surface area contributed by atoms with Gasteiger partial charge in [0.1, 0.15) is 0 Å². The Labute approximate surface area is 157 Å². The maximum Gasteiger partial charge on any atom is 0.276 e. The Bertz CT molecular complexity index is 927. The highest BCUT2D eigenvalue weighted by Gasteiger charge is 2.26. The van der Waals surface area contributed by atoms with Gasteiger partial charge in [0.2, 0.25) is 0 Å². The van der Waals surface area contributed by atoms with Crippen LogP contribution in [0.4, 0.5) is 0 Å². The maximum atomic E-state index is 12.8. The lowest BCUT2D eigenvalue weighted by atomic mass is 10.1. The van der Waals surface area contributed by atoms with E-state index in [1.54, 1.807) is 10.7 Å². The van der Waals surface area contributed by atoms with E-state index < -0.39 is 0 Å². The summed E-state index contributed by atoms with van der Waals surface area (Å²) in [6.07, 6.45) is 1.80. The van der Waals surface area contributed by atoms with Crippen LogP contribution in [0, 0.1) is 6.92 Å². The van der Waals surface area contributed by atoms with Gasteiger partial charge in [0.05, 0.1) is 10.5 Å². The Morgan fingerprint density at radius 2 is 1.81 bits per heavy atom. The minimum atomic E-state index is -0.0892. The summed E-state index contributed by atoms with van der Waals surface area (Å²) in [5.74, 6) is -0.0892. The van der Waals surface area contributed by atoms with Crippen molar-refractivity contribution in [1.29, 1.82) is 0 Å². The summed E-state index contributed by atoms with van der Waals surface area (Å²) in [6, 6.07) is 14.2. The lowest BCUT2D eigenvalue weighted by molar-refractivity contribution is 0.0622. The molecule has 0 bridgehead atoms. The number of carbonyl (C=O) groups is 1. The number of halogens is 1. The highest BCUT2D eigenvalue weighted by molar-refractivity contribution is 6.36. The first kappa shape index (κ1) is 17.1. The average Bonchev–Trinajstić information content (AvgIpc) is 3.01. The molecule has 134 valence electrons. The SMILES string of the molecule is Cc1ccc(CN2CCN(C(=O)c3nn4ccccc4c3Cl)CC2)cc1. The molecule has 1 fully saturated rings. The van der Waals surface area contributed by atoms with Gasteiger partial charge in [-0.25, -0.2) is 4.52 Å². The standard InChI is InChI=1S/C20H21ClN4O/c1-15-5-7-16(8-6-15)14-23-10-12-24(13-11-23)20(26)19-18(21)17-4-2-3-9-25(17)22-19/h2-9H,10-14H2,1H3. The molecule has 1 aliphatic rings. The zero-order chi connectivity index (χ0) is 18.1. The molecule has 4 rings (SSSR count). The number of hydrogen-bond acceptors (Lipinski definition) is 3. The van der Waals surface area contributed by atoms with Crippen LogP contribution < -0.4 is 0 Å². The largest absolute Gasteiger partial charge is 0.335 e. The van der Waals surface area contributed by atoms with Crippen LogP contribution in [-0.2, 0) is 6.54 Å². The van der Waals surface area contributed by atoms with Crippen LogP contribution >= 0.6 is 11.6 Å². The fourth-order valence-electron chi connectivity index (χ4n) is 3.32. The van der Waals surface area contributed by atoms with Crippen LogP contribution in [0.1, 0.15) is 21.6 Å². The molecule has 1 saturated heterocycles. The van der Waals surface area contributed by atoms with Crippen molar-refractivity contribution in [2.75, 3.05) is 26.2 Å². The molecule has 6 heteroatoms. The van der Waals surface area contributed by atoms with E-state index in [4.69, 9.17) is 11.6 Å². The zero-order valence-electron chi connectivity index (χ0n) is 14.7. The molecular formula is C20H21ClN4O.